The van der Waals surface area contributed by atoms with Gasteiger partial charge in [-0.2, -0.15) is 11.8 Å². The Kier molecular flexibility index (Phi) is 9.06. The summed E-state index contributed by atoms with van der Waals surface area (Å²) in [6, 6.07) is 1.13. The van der Waals surface area contributed by atoms with Crippen molar-refractivity contribution in [3.63, 3.8) is 0 Å². The summed E-state index contributed by atoms with van der Waals surface area (Å²) < 4.78 is 10.4. The van der Waals surface area contributed by atoms with Gasteiger partial charge >= 0.3 is 0 Å². The maximum absolute atomic E-state index is 5.25. The average Bonchev–Trinajstić information content (AvgIpc) is 2.40. The van der Waals surface area contributed by atoms with Crippen molar-refractivity contribution in [2.45, 2.75) is 25.4 Å². The largest absolute Gasteiger partial charge is 0.383 e. The Balaban J connectivity index is 2.29. The third-order valence-electron chi connectivity index (χ3n) is 3.38. The Morgan fingerprint density at radius 1 is 1.33 bits per heavy atom. The smallest absolute Gasteiger partial charge is 0.0615 e. The Hall–Kier alpha value is 0.190. The second-order valence-electron chi connectivity index (χ2n) is 4.85. The van der Waals surface area contributed by atoms with Crippen molar-refractivity contribution < 1.29 is 9.47 Å². The minimum absolute atomic E-state index is 0.460. The van der Waals surface area contributed by atoms with E-state index in [0.717, 1.165) is 32.8 Å². The Morgan fingerprint density at radius 3 is 2.78 bits per heavy atom. The van der Waals surface area contributed by atoms with Crippen molar-refractivity contribution in [2.24, 2.45) is 0 Å². The number of methoxy groups -OCH3 is 2. The van der Waals surface area contributed by atoms with Crippen LogP contribution in [0, 0.1) is 0 Å². The van der Waals surface area contributed by atoms with Crippen LogP contribution in [-0.4, -0.2) is 75.6 Å². The summed E-state index contributed by atoms with van der Waals surface area (Å²) in [7, 11) is 3.53. The summed E-state index contributed by atoms with van der Waals surface area (Å²) >= 11 is 2.06. The molecule has 1 N–H and O–H groups in total. The summed E-state index contributed by atoms with van der Waals surface area (Å²) in [5, 5.41) is 3.59. The van der Waals surface area contributed by atoms with Gasteiger partial charge in [0.1, 0.15) is 0 Å². The van der Waals surface area contributed by atoms with Gasteiger partial charge in [0, 0.05) is 57.4 Å². The van der Waals surface area contributed by atoms with Gasteiger partial charge in [-0.25, -0.2) is 0 Å². The zero-order valence-corrected chi connectivity index (χ0v) is 12.8. The van der Waals surface area contributed by atoms with Gasteiger partial charge in [0.05, 0.1) is 13.2 Å². The summed E-state index contributed by atoms with van der Waals surface area (Å²) in [5.41, 5.74) is 0. The fourth-order valence-corrected chi connectivity index (χ4v) is 3.23. The van der Waals surface area contributed by atoms with E-state index in [-0.39, 0.29) is 0 Å². The number of rotatable bonds is 9. The highest BCUT2D eigenvalue weighted by Gasteiger charge is 2.17. The highest BCUT2D eigenvalue weighted by molar-refractivity contribution is 7.99. The van der Waals surface area contributed by atoms with Gasteiger partial charge < -0.3 is 14.8 Å². The van der Waals surface area contributed by atoms with E-state index in [1.165, 1.54) is 17.9 Å². The number of nitrogens with one attached hydrogen (secondary N) is 1. The number of hydrogen-bond acceptors (Lipinski definition) is 5. The van der Waals surface area contributed by atoms with Crippen LogP contribution in [0.2, 0.25) is 0 Å². The first kappa shape index (κ1) is 16.2. The lowest BCUT2D eigenvalue weighted by atomic mass is 10.2. The molecular formula is C13H28N2O2S. The van der Waals surface area contributed by atoms with E-state index in [1.54, 1.807) is 14.2 Å². The molecule has 1 saturated heterocycles. The van der Waals surface area contributed by atoms with Crippen LogP contribution in [0.3, 0.4) is 0 Å². The molecule has 1 aliphatic rings. The van der Waals surface area contributed by atoms with Crippen LogP contribution < -0.4 is 5.32 Å². The van der Waals surface area contributed by atoms with E-state index in [2.05, 4.69) is 28.9 Å². The zero-order chi connectivity index (χ0) is 13.2. The number of nitrogens with zero attached hydrogens (tertiary/aromatic N) is 1. The molecule has 2 unspecified atom stereocenters. The SMILES string of the molecule is COCCN(CCC1CSCCN1)C(C)COC. The molecule has 0 amide bonds. The van der Waals surface area contributed by atoms with Crippen molar-refractivity contribution >= 4 is 11.8 Å². The van der Waals surface area contributed by atoms with E-state index >= 15 is 0 Å². The van der Waals surface area contributed by atoms with Gasteiger partial charge in [-0.05, 0) is 13.3 Å². The highest BCUT2D eigenvalue weighted by Crippen LogP contribution is 2.11. The number of thioether (sulfide) groups is 1. The summed E-state index contributed by atoms with van der Waals surface area (Å²) in [6.45, 7) is 7.06. The third kappa shape index (κ3) is 6.38. The monoisotopic (exact) mass is 276 g/mol. The lowest BCUT2D eigenvalue weighted by Crippen LogP contribution is -2.44. The van der Waals surface area contributed by atoms with E-state index in [4.69, 9.17) is 9.47 Å². The molecule has 0 aliphatic carbocycles. The fourth-order valence-electron chi connectivity index (χ4n) is 2.23. The van der Waals surface area contributed by atoms with Crippen LogP contribution >= 0.6 is 11.8 Å². The topological polar surface area (TPSA) is 33.7 Å². The third-order valence-corrected chi connectivity index (χ3v) is 4.51. The first-order chi connectivity index (χ1) is 8.77. The van der Waals surface area contributed by atoms with Crippen molar-refractivity contribution in [1.82, 2.24) is 10.2 Å². The van der Waals surface area contributed by atoms with E-state index in [1.807, 2.05) is 0 Å². The number of hydrogen-bond donors (Lipinski definition) is 1. The van der Waals surface area contributed by atoms with Crippen molar-refractivity contribution in [1.29, 1.82) is 0 Å². The van der Waals surface area contributed by atoms with Crippen LogP contribution in [0.5, 0.6) is 0 Å². The van der Waals surface area contributed by atoms with Gasteiger partial charge in [0.25, 0.3) is 0 Å². The molecule has 0 saturated carbocycles. The minimum Gasteiger partial charge on any atom is -0.383 e. The van der Waals surface area contributed by atoms with Crippen molar-refractivity contribution in [2.75, 3.05) is 58.6 Å². The summed E-state index contributed by atoms with van der Waals surface area (Å²) in [5.74, 6) is 2.50. The second kappa shape index (κ2) is 10.0. The minimum atomic E-state index is 0.460. The molecule has 0 bridgehead atoms. The predicted octanol–water partition coefficient (Wildman–Crippen LogP) is 1.06. The molecule has 5 heteroatoms. The summed E-state index contributed by atoms with van der Waals surface area (Å²) in [4.78, 5) is 2.47. The van der Waals surface area contributed by atoms with Crippen LogP contribution in [0.15, 0.2) is 0 Å². The molecule has 1 fully saturated rings. The van der Waals surface area contributed by atoms with Crippen LogP contribution in [0.1, 0.15) is 13.3 Å². The molecule has 0 aromatic rings. The van der Waals surface area contributed by atoms with Crippen LogP contribution in [-0.2, 0) is 9.47 Å². The van der Waals surface area contributed by atoms with Gasteiger partial charge in [-0.1, -0.05) is 0 Å². The molecule has 0 radical (unpaired) electrons. The molecule has 4 nitrogen and oxygen atoms in total. The number of ether oxygens (including phenoxy) is 2. The van der Waals surface area contributed by atoms with Crippen LogP contribution in [0.25, 0.3) is 0 Å². The average molecular weight is 276 g/mol. The second-order valence-corrected chi connectivity index (χ2v) is 6.00. The van der Waals surface area contributed by atoms with Gasteiger partial charge in [0.2, 0.25) is 0 Å². The quantitative estimate of drug-likeness (QED) is 0.681. The molecular weight excluding hydrogens is 248 g/mol. The van der Waals surface area contributed by atoms with Gasteiger partial charge in [0.15, 0.2) is 0 Å². The Morgan fingerprint density at radius 2 is 2.17 bits per heavy atom. The molecule has 0 aromatic heterocycles. The highest BCUT2D eigenvalue weighted by atomic mass is 32.2. The van der Waals surface area contributed by atoms with Crippen molar-refractivity contribution in [3.8, 4) is 0 Å². The lowest BCUT2D eigenvalue weighted by molar-refractivity contribution is 0.0729. The zero-order valence-electron chi connectivity index (χ0n) is 12.0. The molecule has 0 spiro atoms. The first-order valence-corrected chi connectivity index (χ1v) is 7.96. The maximum atomic E-state index is 5.25. The van der Waals surface area contributed by atoms with Gasteiger partial charge in [-0.3, -0.25) is 4.90 Å². The Bertz CT molecular complexity index is 201. The lowest BCUT2D eigenvalue weighted by Gasteiger charge is -2.31. The maximum Gasteiger partial charge on any atom is 0.0615 e. The van der Waals surface area contributed by atoms with E-state index in [0.29, 0.717) is 12.1 Å². The van der Waals surface area contributed by atoms with E-state index in [9.17, 15) is 0 Å². The first-order valence-electron chi connectivity index (χ1n) is 6.81. The fraction of sp³-hybridized carbons (Fsp3) is 1.00. The molecule has 18 heavy (non-hydrogen) atoms. The summed E-state index contributed by atoms with van der Waals surface area (Å²) in [6.07, 6.45) is 1.21. The molecule has 108 valence electrons. The van der Waals surface area contributed by atoms with Gasteiger partial charge in [-0.15, -0.1) is 0 Å². The standard InChI is InChI=1S/C13H28N2O2S/c1-12(10-17-3)15(7-8-16-2)6-4-13-11-18-9-5-14-13/h12-14H,4-11H2,1-3H3. The normalized spacial score (nSPS) is 22.3. The van der Waals surface area contributed by atoms with Crippen molar-refractivity contribution in [3.05, 3.63) is 0 Å². The molecule has 1 heterocycles. The molecule has 1 rings (SSSR count). The molecule has 1 aliphatic heterocycles. The molecule has 2 atom stereocenters. The predicted molar refractivity (Wildman–Crippen MR) is 78.5 cm³/mol. The molecule has 0 aromatic carbocycles. The van der Waals surface area contributed by atoms with Crippen LogP contribution in [0.4, 0.5) is 0 Å². The Labute approximate surface area is 116 Å². The van der Waals surface area contributed by atoms with E-state index < -0.39 is 0 Å².